The van der Waals surface area contributed by atoms with Gasteiger partial charge in [0.2, 0.25) is 0 Å². The predicted octanol–water partition coefficient (Wildman–Crippen LogP) is 3.67. The number of rotatable bonds is 4. The van der Waals surface area contributed by atoms with E-state index >= 15 is 0 Å². The summed E-state index contributed by atoms with van der Waals surface area (Å²) in [5, 5.41) is 0. The van der Waals surface area contributed by atoms with Gasteiger partial charge in [-0.3, -0.25) is 4.79 Å². The number of esters is 1. The number of benzene rings is 1. The van der Waals surface area contributed by atoms with E-state index in [1.54, 1.807) is 12.1 Å². The van der Waals surface area contributed by atoms with Crippen LogP contribution in [0.1, 0.15) is 40.5 Å². The molecule has 0 heterocycles. The number of ether oxygens (including phenoxy) is 1. The van der Waals surface area contributed by atoms with Crippen LogP contribution in [0.3, 0.4) is 0 Å². The molecule has 0 saturated carbocycles. The second-order valence-corrected chi connectivity index (χ2v) is 5.86. The van der Waals surface area contributed by atoms with E-state index in [9.17, 15) is 4.79 Å². The Morgan fingerprint density at radius 2 is 1.78 bits per heavy atom. The number of hydrogen-bond acceptors (Lipinski definition) is 2. The molecule has 0 aliphatic rings. The molecule has 1 aromatic rings. The Balaban J connectivity index is 0.00000289. The number of para-hydroxylation sites is 1. The van der Waals surface area contributed by atoms with Gasteiger partial charge in [-0.05, 0) is 29.9 Å². The molecule has 0 saturated heterocycles. The molecule has 1 aromatic carbocycles. The molecule has 0 bridgehead atoms. The molecular formula is C15H22NaO2. The van der Waals surface area contributed by atoms with Crippen molar-refractivity contribution in [3.05, 3.63) is 30.3 Å². The molecular weight excluding hydrogens is 235 g/mol. The first-order chi connectivity index (χ1) is 7.87. The zero-order valence-corrected chi connectivity index (χ0v) is 14.2. The first kappa shape index (κ1) is 17.7. The Morgan fingerprint density at radius 3 is 2.28 bits per heavy atom. The molecule has 18 heavy (non-hydrogen) atoms. The Kier molecular flexibility index (Phi) is 7.84. The average Bonchev–Trinajstić information content (AvgIpc) is 2.15. The summed E-state index contributed by atoms with van der Waals surface area (Å²) in [5.41, 5.74) is 0.256. The molecule has 1 rings (SSSR count). The molecule has 0 N–H and O–H groups in total. The van der Waals surface area contributed by atoms with Gasteiger partial charge in [0.1, 0.15) is 5.75 Å². The third-order valence-corrected chi connectivity index (χ3v) is 2.45. The van der Waals surface area contributed by atoms with Gasteiger partial charge in [0, 0.05) is 36.0 Å². The maximum absolute atomic E-state index is 11.7. The topological polar surface area (TPSA) is 26.3 Å². The molecule has 0 fully saturated rings. The molecule has 2 nitrogen and oxygen atoms in total. The van der Waals surface area contributed by atoms with E-state index in [0.717, 1.165) is 6.42 Å². The van der Waals surface area contributed by atoms with Crippen LogP contribution in [-0.2, 0) is 4.79 Å². The van der Waals surface area contributed by atoms with Crippen LogP contribution in [0.15, 0.2) is 30.3 Å². The van der Waals surface area contributed by atoms with E-state index in [0.29, 0.717) is 18.1 Å². The number of carbonyl (C=O) groups is 1. The van der Waals surface area contributed by atoms with Gasteiger partial charge in [-0.25, -0.2) is 0 Å². The maximum atomic E-state index is 11.7. The summed E-state index contributed by atoms with van der Waals surface area (Å²) in [6.45, 7) is 8.65. The normalized spacial score (nSPS) is 12.4. The predicted molar refractivity (Wildman–Crippen MR) is 75.7 cm³/mol. The molecule has 0 aromatic heterocycles. The van der Waals surface area contributed by atoms with Crippen LogP contribution in [0.2, 0.25) is 0 Å². The third kappa shape index (κ3) is 7.91. The van der Waals surface area contributed by atoms with Gasteiger partial charge in [0.15, 0.2) is 0 Å². The molecule has 3 heteroatoms. The van der Waals surface area contributed by atoms with E-state index in [1.807, 2.05) is 18.2 Å². The average molecular weight is 257 g/mol. The SMILES string of the molecule is CC(CC(=O)Oc1ccccc1)CC(C)(C)C.[Na]. The van der Waals surface area contributed by atoms with Gasteiger partial charge >= 0.3 is 5.97 Å². The van der Waals surface area contributed by atoms with E-state index in [1.165, 1.54) is 0 Å². The minimum Gasteiger partial charge on any atom is -0.427 e. The summed E-state index contributed by atoms with van der Waals surface area (Å²) in [6.07, 6.45) is 1.50. The summed E-state index contributed by atoms with van der Waals surface area (Å²) in [6, 6.07) is 9.22. The van der Waals surface area contributed by atoms with Crippen molar-refractivity contribution in [3.63, 3.8) is 0 Å². The fourth-order valence-corrected chi connectivity index (χ4v) is 2.06. The third-order valence-electron chi connectivity index (χ3n) is 2.45. The molecule has 0 amide bonds. The van der Waals surface area contributed by atoms with Crippen LogP contribution in [0, 0.1) is 11.3 Å². The second kappa shape index (κ2) is 7.98. The largest absolute Gasteiger partial charge is 0.427 e. The van der Waals surface area contributed by atoms with Gasteiger partial charge in [-0.1, -0.05) is 45.9 Å². The fraction of sp³-hybridized carbons (Fsp3) is 0.533. The molecule has 1 unspecified atom stereocenters. The Bertz CT molecular complexity index is 355. The van der Waals surface area contributed by atoms with Gasteiger partial charge in [0.25, 0.3) is 0 Å². The molecule has 1 radical (unpaired) electrons. The van der Waals surface area contributed by atoms with Crippen LogP contribution in [0.25, 0.3) is 0 Å². The van der Waals surface area contributed by atoms with Crippen LogP contribution in [-0.4, -0.2) is 35.5 Å². The smallest absolute Gasteiger partial charge is 0.311 e. The first-order valence-electron chi connectivity index (χ1n) is 6.12. The van der Waals surface area contributed by atoms with Crippen molar-refractivity contribution >= 4 is 35.5 Å². The van der Waals surface area contributed by atoms with Crippen molar-refractivity contribution < 1.29 is 9.53 Å². The Morgan fingerprint density at radius 1 is 1.22 bits per heavy atom. The van der Waals surface area contributed by atoms with E-state index < -0.39 is 0 Å². The quantitative estimate of drug-likeness (QED) is 0.467. The second-order valence-electron chi connectivity index (χ2n) is 5.86. The summed E-state index contributed by atoms with van der Waals surface area (Å²) >= 11 is 0. The van der Waals surface area contributed by atoms with Crippen molar-refractivity contribution in [1.82, 2.24) is 0 Å². The molecule has 0 aliphatic carbocycles. The molecule has 1 atom stereocenters. The molecule has 95 valence electrons. The van der Waals surface area contributed by atoms with Crippen molar-refractivity contribution in [2.75, 3.05) is 0 Å². The van der Waals surface area contributed by atoms with Crippen LogP contribution < -0.4 is 4.74 Å². The first-order valence-corrected chi connectivity index (χ1v) is 6.12. The van der Waals surface area contributed by atoms with Gasteiger partial charge in [-0.2, -0.15) is 0 Å². The summed E-state index contributed by atoms with van der Waals surface area (Å²) in [7, 11) is 0. The van der Waals surface area contributed by atoms with Gasteiger partial charge in [0.05, 0.1) is 0 Å². The van der Waals surface area contributed by atoms with Crippen LogP contribution >= 0.6 is 0 Å². The molecule has 0 aliphatic heterocycles. The summed E-state index contributed by atoms with van der Waals surface area (Å²) < 4.78 is 5.26. The standard InChI is InChI=1S/C15H22O2.Na/c1-12(11-15(2,3)4)10-14(16)17-13-8-6-5-7-9-13;/h5-9,12H,10-11H2,1-4H3;. The maximum Gasteiger partial charge on any atom is 0.311 e. The summed E-state index contributed by atoms with van der Waals surface area (Å²) in [5.74, 6) is 0.833. The Labute approximate surface area is 132 Å². The van der Waals surface area contributed by atoms with Crippen molar-refractivity contribution in [2.24, 2.45) is 11.3 Å². The van der Waals surface area contributed by atoms with Crippen LogP contribution in [0.4, 0.5) is 0 Å². The zero-order valence-electron chi connectivity index (χ0n) is 12.2. The van der Waals surface area contributed by atoms with E-state index in [-0.39, 0.29) is 40.9 Å². The number of hydrogen-bond donors (Lipinski definition) is 0. The fourth-order valence-electron chi connectivity index (χ4n) is 2.06. The zero-order chi connectivity index (χ0) is 12.9. The molecule has 0 spiro atoms. The Hall–Kier alpha value is -0.310. The van der Waals surface area contributed by atoms with Gasteiger partial charge < -0.3 is 4.74 Å². The van der Waals surface area contributed by atoms with Gasteiger partial charge in [-0.15, -0.1) is 0 Å². The van der Waals surface area contributed by atoms with Crippen molar-refractivity contribution in [1.29, 1.82) is 0 Å². The van der Waals surface area contributed by atoms with E-state index in [2.05, 4.69) is 27.7 Å². The monoisotopic (exact) mass is 257 g/mol. The van der Waals surface area contributed by atoms with E-state index in [4.69, 9.17) is 4.74 Å². The van der Waals surface area contributed by atoms with Crippen molar-refractivity contribution in [2.45, 2.75) is 40.5 Å². The number of carbonyl (C=O) groups excluding carboxylic acids is 1. The van der Waals surface area contributed by atoms with Crippen molar-refractivity contribution in [3.8, 4) is 5.75 Å². The van der Waals surface area contributed by atoms with Crippen LogP contribution in [0.5, 0.6) is 5.75 Å². The minimum atomic E-state index is -0.145. The minimum absolute atomic E-state index is 0. The summed E-state index contributed by atoms with van der Waals surface area (Å²) in [4.78, 5) is 11.7.